The van der Waals surface area contributed by atoms with E-state index in [1.807, 2.05) is 0 Å². The normalized spacial score (nSPS) is 11.4. The van der Waals surface area contributed by atoms with Crippen molar-refractivity contribution >= 4 is 11.6 Å². The molecule has 0 spiro atoms. The van der Waals surface area contributed by atoms with Crippen LogP contribution in [0.25, 0.3) is 11.1 Å². The van der Waals surface area contributed by atoms with E-state index in [2.05, 4.69) is 5.32 Å². The summed E-state index contributed by atoms with van der Waals surface area (Å²) < 4.78 is 80.6. The maximum Gasteiger partial charge on any atom is 0.417 e. The summed E-state index contributed by atoms with van der Waals surface area (Å²) in [5.41, 5.74) is -2.25. The molecule has 0 aliphatic carbocycles. The van der Waals surface area contributed by atoms with Crippen molar-refractivity contribution < 1.29 is 31.1 Å². The number of benzene rings is 3. The Labute approximate surface area is 155 Å². The first-order chi connectivity index (χ1) is 13.2. The molecule has 0 aromatic heterocycles. The molecule has 0 saturated carbocycles. The molecule has 28 heavy (non-hydrogen) atoms. The number of anilines is 1. The Morgan fingerprint density at radius 2 is 1.54 bits per heavy atom. The van der Waals surface area contributed by atoms with Gasteiger partial charge in [-0.3, -0.25) is 4.79 Å². The van der Waals surface area contributed by atoms with Gasteiger partial charge >= 0.3 is 6.18 Å². The summed E-state index contributed by atoms with van der Waals surface area (Å²) in [6.07, 6.45) is -4.63. The minimum atomic E-state index is -4.63. The van der Waals surface area contributed by atoms with Gasteiger partial charge < -0.3 is 5.32 Å². The monoisotopic (exact) mass is 395 g/mol. The van der Waals surface area contributed by atoms with E-state index in [4.69, 9.17) is 0 Å². The van der Waals surface area contributed by atoms with Gasteiger partial charge in [-0.2, -0.15) is 13.2 Å². The van der Waals surface area contributed by atoms with E-state index in [1.165, 1.54) is 24.3 Å². The van der Waals surface area contributed by atoms with Gasteiger partial charge in [0.05, 0.1) is 16.8 Å². The highest BCUT2D eigenvalue weighted by Gasteiger charge is 2.33. The zero-order chi connectivity index (χ0) is 20.5. The summed E-state index contributed by atoms with van der Waals surface area (Å²) in [6.45, 7) is 0. The fourth-order valence-corrected chi connectivity index (χ4v) is 2.63. The molecule has 8 heteroatoms. The Morgan fingerprint density at radius 3 is 2.21 bits per heavy atom. The van der Waals surface area contributed by atoms with Crippen molar-refractivity contribution in [2.45, 2.75) is 6.18 Å². The molecule has 0 heterocycles. The molecule has 0 aliphatic rings. The van der Waals surface area contributed by atoms with Crippen molar-refractivity contribution in [1.29, 1.82) is 0 Å². The summed E-state index contributed by atoms with van der Waals surface area (Å²) in [7, 11) is 0. The first-order valence-electron chi connectivity index (χ1n) is 7.90. The maximum atomic E-state index is 14.4. The van der Waals surface area contributed by atoms with Crippen LogP contribution in [0.4, 0.5) is 32.0 Å². The predicted molar refractivity (Wildman–Crippen MR) is 91.1 cm³/mol. The lowest BCUT2D eigenvalue weighted by Crippen LogP contribution is -2.15. The number of carbonyl (C=O) groups is 1. The Bertz CT molecular complexity index is 1050. The molecule has 0 radical (unpaired) electrons. The maximum absolute atomic E-state index is 14.4. The number of hydrogen-bond donors (Lipinski definition) is 1. The van der Waals surface area contributed by atoms with Crippen LogP contribution in [-0.4, -0.2) is 5.91 Å². The molecule has 1 N–H and O–H groups in total. The Kier molecular flexibility index (Phi) is 5.13. The molecule has 0 atom stereocenters. The summed E-state index contributed by atoms with van der Waals surface area (Å²) >= 11 is 0. The largest absolute Gasteiger partial charge is 0.417 e. The van der Waals surface area contributed by atoms with E-state index in [1.54, 1.807) is 0 Å². The third-order valence-corrected chi connectivity index (χ3v) is 3.96. The molecule has 3 aromatic carbocycles. The highest BCUT2D eigenvalue weighted by atomic mass is 19.4. The molecule has 3 rings (SSSR count). The smallest absolute Gasteiger partial charge is 0.319 e. The zero-order valence-corrected chi connectivity index (χ0v) is 13.9. The van der Waals surface area contributed by atoms with Crippen LogP contribution in [0.5, 0.6) is 0 Å². The number of amides is 1. The number of halogens is 6. The van der Waals surface area contributed by atoms with Crippen LogP contribution in [0.1, 0.15) is 15.9 Å². The van der Waals surface area contributed by atoms with Crippen LogP contribution in [0.15, 0.2) is 60.7 Å². The average Bonchev–Trinajstić information content (AvgIpc) is 2.65. The third kappa shape index (κ3) is 3.85. The standard InChI is InChI=1S/C20H11F6NO/c21-15-7-3-5-13(18(15)23)19(28)27-17-9-8-11(10-16(17)22)12-4-1-2-6-14(12)20(24,25)26/h1-10H,(H,27,28). The number of hydrogen-bond acceptors (Lipinski definition) is 1. The molecule has 0 saturated heterocycles. The van der Waals surface area contributed by atoms with E-state index in [0.717, 1.165) is 36.4 Å². The summed E-state index contributed by atoms with van der Waals surface area (Å²) in [5.74, 6) is -4.76. The van der Waals surface area contributed by atoms with Gasteiger partial charge in [-0.05, 0) is 41.5 Å². The van der Waals surface area contributed by atoms with Gasteiger partial charge in [0.2, 0.25) is 0 Å². The Hall–Kier alpha value is -3.29. The number of carbonyl (C=O) groups excluding carboxylic acids is 1. The summed E-state index contributed by atoms with van der Waals surface area (Å²) in [6, 6.07) is 10.7. The topological polar surface area (TPSA) is 29.1 Å². The van der Waals surface area contributed by atoms with Gasteiger partial charge in [0.15, 0.2) is 11.6 Å². The molecular formula is C20H11F6NO. The van der Waals surface area contributed by atoms with Crippen LogP contribution in [0, 0.1) is 17.5 Å². The molecule has 1 amide bonds. The molecule has 0 fully saturated rings. The molecule has 0 bridgehead atoms. The van der Waals surface area contributed by atoms with Crippen LogP contribution < -0.4 is 5.32 Å². The van der Waals surface area contributed by atoms with Crippen molar-refractivity contribution in [1.82, 2.24) is 0 Å². The van der Waals surface area contributed by atoms with Crippen molar-refractivity contribution in [3.05, 3.63) is 89.2 Å². The molecule has 0 unspecified atom stereocenters. The minimum absolute atomic E-state index is 0.0552. The molecule has 3 aromatic rings. The quantitative estimate of drug-likeness (QED) is 0.538. The first-order valence-corrected chi connectivity index (χ1v) is 7.90. The molecular weight excluding hydrogens is 384 g/mol. The van der Waals surface area contributed by atoms with Crippen molar-refractivity contribution in [2.24, 2.45) is 0 Å². The molecule has 144 valence electrons. The first kappa shape index (κ1) is 19.5. The highest BCUT2D eigenvalue weighted by molar-refractivity contribution is 6.04. The number of alkyl halides is 3. The number of rotatable bonds is 3. The molecule has 0 aliphatic heterocycles. The zero-order valence-electron chi connectivity index (χ0n) is 13.9. The lowest BCUT2D eigenvalue weighted by Gasteiger charge is -2.14. The highest BCUT2D eigenvalue weighted by Crippen LogP contribution is 2.37. The Balaban J connectivity index is 1.92. The van der Waals surface area contributed by atoms with Crippen LogP contribution in [-0.2, 0) is 6.18 Å². The van der Waals surface area contributed by atoms with E-state index < -0.39 is 40.7 Å². The van der Waals surface area contributed by atoms with Gasteiger partial charge in [0.1, 0.15) is 5.82 Å². The van der Waals surface area contributed by atoms with E-state index in [9.17, 15) is 31.1 Å². The van der Waals surface area contributed by atoms with E-state index >= 15 is 0 Å². The minimum Gasteiger partial charge on any atom is -0.319 e. The van der Waals surface area contributed by atoms with E-state index in [-0.39, 0.29) is 16.8 Å². The van der Waals surface area contributed by atoms with Crippen LogP contribution in [0.2, 0.25) is 0 Å². The van der Waals surface area contributed by atoms with E-state index in [0.29, 0.717) is 0 Å². The van der Waals surface area contributed by atoms with Gasteiger partial charge in [-0.1, -0.05) is 30.3 Å². The SMILES string of the molecule is O=C(Nc1ccc(-c2ccccc2C(F)(F)F)cc1F)c1cccc(F)c1F. The summed E-state index contributed by atoms with van der Waals surface area (Å²) in [5, 5.41) is 2.08. The van der Waals surface area contributed by atoms with Gasteiger partial charge in [-0.25, -0.2) is 13.2 Å². The van der Waals surface area contributed by atoms with Crippen molar-refractivity contribution in [2.75, 3.05) is 5.32 Å². The fraction of sp³-hybridized carbons (Fsp3) is 0.0500. The average molecular weight is 395 g/mol. The lowest BCUT2D eigenvalue weighted by atomic mass is 9.99. The van der Waals surface area contributed by atoms with Crippen LogP contribution in [0.3, 0.4) is 0 Å². The second-order valence-electron chi connectivity index (χ2n) is 5.79. The second kappa shape index (κ2) is 7.38. The van der Waals surface area contributed by atoms with Gasteiger partial charge in [0.25, 0.3) is 5.91 Å². The summed E-state index contributed by atoms with van der Waals surface area (Å²) in [4.78, 5) is 12.0. The number of nitrogens with one attached hydrogen (secondary N) is 1. The van der Waals surface area contributed by atoms with Crippen molar-refractivity contribution in [3.63, 3.8) is 0 Å². The Morgan fingerprint density at radius 1 is 0.821 bits per heavy atom. The van der Waals surface area contributed by atoms with Crippen LogP contribution >= 0.6 is 0 Å². The third-order valence-electron chi connectivity index (χ3n) is 3.96. The second-order valence-corrected chi connectivity index (χ2v) is 5.79. The fourth-order valence-electron chi connectivity index (χ4n) is 2.63. The van der Waals surface area contributed by atoms with Gasteiger partial charge in [-0.15, -0.1) is 0 Å². The van der Waals surface area contributed by atoms with Crippen molar-refractivity contribution in [3.8, 4) is 11.1 Å². The lowest BCUT2D eigenvalue weighted by molar-refractivity contribution is -0.137. The molecule has 2 nitrogen and oxygen atoms in total. The predicted octanol–water partition coefficient (Wildman–Crippen LogP) is 6.04. The van der Waals surface area contributed by atoms with Gasteiger partial charge in [0, 0.05) is 0 Å².